The Balaban J connectivity index is 2.84. The van der Waals surface area contributed by atoms with E-state index in [-0.39, 0.29) is 12.8 Å². The quantitative estimate of drug-likeness (QED) is 0.316. The van der Waals surface area contributed by atoms with Crippen LogP contribution >= 0.6 is 0 Å². The van der Waals surface area contributed by atoms with Crippen LogP contribution < -0.4 is 0 Å². The Hall–Kier alpha value is -1.17. The average Bonchev–Trinajstić information content (AvgIpc) is 2.93. The van der Waals surface area contributed by atoms with Gasteiger partial charge in [-0.1, -0.05) is 50.3 Å². The number of rotatable bonds is 12. The van der Waals surface area contributed by atoms with Crippen LogP contribution in [-0.4, -0.2) is 44.7 Å². The third-order valence-corrected chi connectivity index (χ3v) is 4.27. The summed E-state index contributed by atoms with van der Waals surface area (Å²) in [6.45, 7) is -3.43. The van der Waals surface area contributed by atoms with Gasteiger partial charge in [-0.3, -0.25) is 4.79 Å². The van der Waals surface area contributed by atoms with E-state index in [0.29, 0.717) is 19.3 Å². The van der Waals surface area contributed by atoms with Crippen LogP contribution in [0.3, 0.4) is 0 Å². The first-order chi connectivity index (χ1) is 15.3. The topological polar surface area (TPSA) is 98.0 Å². The molecule has 0 spiro atoms. The van der Waals surface area contributed by atoms with Crippen LogP contribution in [0.2, 0.25) is 0 Å². The van der Waals surface area contributed by atoms with Crippen molar-refractivity contribution in [2.45, 2.75) is 82.8 Å². The number of carbonyl (C=O) groups is 1. The van der Waals surface area contributed by atoms with Crippen molar-refractivity contribution in [2.24, 2.45) is 11.8 Å². The van der Waals surface area contributed by atoms with Crippen molar-refractivity contribution in [2.75, 3.05) is 0 Å². The fourth-order valence-electron chi connectivity index (χ4n) is 2.97. The van der Waals surface area contributed by atoms with E-state index in [0.717, 1.165) is 6.08 Å². The minimum absolute atomic E-state index is 0.0394. The van der Waals surface area contributed by atoms with E-state index in [1.807, 2.05) is 0 Å². The van der Waals surface area contributed by atoms with Gasteiger partial charge in [0.2, 0.25) is 0 Å². The lowest BCUT2D eigenvalue weighted by atomic mass is 9.89. The molecular formula is C20H34O5. The molecule has 0 radical (unpaired) electrons. The van der Waals surface area contributed by atoms with Gasteiger partial charge in [0.05, 0.1) is 18.3 Å². The second-order valence-electron chi connectivity index (χ2n) is 6.19. The Labute approximate surface area is 163 Å². The highest BCUT2D eigenvalue weighted by molar-refractivity contribution is 5.66. The summed E-state index contributed by atoms with van der Waals surface area (Å²) in [5.74, 6) is -1.90. The van der Waals surface area contributed by atoms with Crippen molar-refractivity contribution < 1.29 is 37.6 Å². The number of unbranched alkanes of at least 4 members (excludes halogenated alkanes) is 1. The lowest BCUT2D eigenvalue weighted by Gasteiger charge is -2.19. The molecule has 144 valence electrons. The second kappa shape index (κ2) is 12.2. The lowest BCUT2D eigenvalue weighted by molar-refractivity contribution is -0.137. The zero-order valence-electron chi connectivity index (χ0n) is 23.1. The first-order valence-corrected chi connectivity index (χ1v) is 8.44. The number of aliphatic hydroxyl groups is 3. The van der Waals surface area contributed by atoms with Crippen molar-refractivity contribution in [3.63, 3.8) is 0 Å². The van der Waals surface area contributed by atoms with Gasteiger partial charge >= 0.3 is 5.97 Å². The molecule has 1 fully saturated rings. The summed E-state index contributed by atoms with van der Waals surface area (Å²) >= 11 is 0. The lowest BCUT2D eigenvalue weighted by Crippen LogP contribution is -2.20. The molecule has 0 aromatic rings. The van der Waals surface area contributed by atoms with Gasteiger partial charge in [-0.05, 0) is 31.6 Å². The van der Waals surface area contributed by atoms with Gasteiger partial charge in [0, 0.05) is 31.1 Å². The van der Waals surface area contributed by atoms with E-state index in [4.69, 9.17) is 17.4 Å². The molecule has 0 amide bonds. The van der Waals surface area contributed by atoms with Crippen LogP contribution in [0, 0.1) is 11.8 Å². The van der Waals surface area contributed by atoms with Crippen molar-refractivity contribution in [3.8, 4) is 0 Å². The zero-order valence-corrected chi connectivity index (χ0v) is 14.1. The van der Waals surface area contributed by atoms with Gasteiger partial charge in [-0.15, -0.1) is 0 Å². The summed E-state index contributed by atoms with van der Waals surface area (Å²) in [5, 5.41) is 39.4. The van der Waals surface area contributed by atoms with Crippen molar-refractivity contribution >= 4 is 5.97 Å². The highest BCUT2D eigenvalue weighted by atomic mass is 16.4. The smallest absolute Gasteiger partial charge is 0.303 e. The first kappa shape index (κ1) is 11.5. The van der Waals surface area contributed by atoms with Crippen LogP contribution in [-0.2, 0) is 4.79 Å². The largest absolute Gasteiger partial charge is 0.481 e. The second-order valence-corrected chi connectivity index (χ2v) is 6.19. The fraction of sp³-hybridized carbons (Fsp3) is 0.750. The summed E-state index contributed by atoms with van der Waals surface area (Å²) in [6, 6.07) is 0. The van der Waals surface area contributed by atoms with Crippen LogP contribution in [0.5, 0.6) is 0 Å². The van der Waals surface area contributed by atoms with Crippen LogP contribution in [0.15, 0.2) is 24.3 Å². The van der Waals surface area contributed by atoms with E-state index >= 15 is 0 Å². The summed E-state index contributed by atoms with van der Waals surface area (Å²) < 4.78 is 68.4. The van der Waals surface area contributed by atoms with Gasteiger partial charge in [-0.25, -0.2) is 0 Å². The Morgan fingerprint density at radius 1 is 1.32 bits per heavy atom. The summed E-state index contributed by atoms with van der Waals surface area (Å²) in [5.41, 5.74) is 0. The molecular weight excluding hydrogens is 320 g/mol. The molecule has 1 saturated carbocycles. The third kappa shape index (κ3) is 8.66. The molecule has 0 bridgehead atoms. The number of aliphatic hydroxyl groups excluding tert-OH is 3. The van der Waals surface area contributed by atoms with Crippen molar-refractivity contribution in [1.82, 2.24) is 0 Å². The molecule has 1 aliphatic carbocycles. The standard InChI is InChI=1S/C20H34O5/c1-2-3-6-9-15(21)12-13-17-16(18(22)14-19(17)23)10-7-4-5-8-11-20(24)25/h4,7,12-13,15-19,21-23H,2-3,5-6,8-11,14H2,1H3,(H,24,25)/b7-4-,13-12+/t15-,16+,17-,18+,19-/m0/s1/i1D3,2D2,3D2,6D2. The average molecular weight is 364 g/mol. The molecule has 5 atom stereocenters. The molecule has 0 aromatic carbocycles. The predicted octanol–water partition coefficient (Wildman–Crippen LogP) is 3.04. The van der Waals surface area contributed by atoms with Gasteiger partial charge < -0.3 is 20.4 Å². The van der Waals surface area contributed by atoms with Gasteiger partial charge in [0.1, 0.15) is 0 Å². The number of hydrogen-bond acceptors (Lipinski definition) is 4. The molecule has 25 heavy (non-hydrogen) atoms. The van der Waals surface area contributed by atoms with E-state index in [1.54, 1.807) is 12.2 Å². The Morgan fingerprint density at radius 3 is 2.84 bits per heavy atom. The molecule has 5 heteroatoms. The maximum Gasteiger partial charge on any atom is 0.303 e. The van der Waals surface area contributed by atoms with E-state index in [2.05, 4.69) is 0 Å². The Bertz CT molecular complexity index is 736. The van der Waals surface area contributed by atoms with Crippen LogP contribution in [0.4, 0.5) is 0 Å². The van der Waals surface area contributed by atoms with Gasteiger partial charge in [0.15, 0.2) is 0 Å². The highest BCUT2D eigenvalue weighted by Crippen LogP contribution is 2.36. The number of carboxylic acids is 1. The summed E-state index contributed by atoms with van der Waals surface area (Å²) in [4.78, 5) is 10.5. The molecule has 0 aromatic heterocycles. The Morgan fingerprint density at radius 2 is 2.12 bits per heavy atom. The SMILES string of the molecule is [2H]C([2H])([2H])C([2H])([2H])C([2H])([2H])C([2H])([2H])C[C@H](O)/C=C/[C@H]1[C@@H](C/C=C\CCCC(=O)O)[C@H](O)C[C@@H]1O. The molecule has 0 aliphatic heterocycles. The minimum Gasteiger partial charge on any atom is -0.481 e. The maximum atomic E-state index is 10.5. The highest BCUT2D eigenvalue weighted by Gasteiger charge is 2.39. The molecule has 5 nitrogen and oxygen atoms in total. The number of hydrogen-bond donors (Lipinski definition) is 4. The minimum atomic E-state index is -3.51. The normalized spacial score (nSPS) is 35.7. The Kier molecular flexibility index (Phi) is 5.64. The zero-order chi connectivity index (χ0) is 26.5. The van der Waals surface area contributed by atoms with E-state index in [1.165, 1.54) is 6.08 Å². The van der Waals surface area contributed by atoms with Crippen molar-refractivity contribution in [1.29, 1.82) is 0 Å². The molecule has 0 saturated heterocycles. The molecule has 4 N–H and O–H groups in total. The molecule has 0 unspecified atom stereocenters. The van der Waals surface area contributed by atoms with Crippen LogP contribution in [0.25, 0.3) is 0 Å². The summed E-state index contributed by atoms with van der Waals surface area (Å²) in [6.07, 6.45) is -6.70. The molecule has 1 aliphatic rings. The molecule has 0 heterocycles. The third-order valence-electron chi connectivity index (χ3n) is 4.27. The number of allylic oxidation sites excluding steroid dienone is 2. The first-order valence-electron chi connectivity index (χ1n) is 12.9. The summed E-state index contributed by atoms with van der Waals surface area (Å²) in [7, 11) is 0. The van der Waals surface area contributed by atoms with Gasteiger partial charge in [0.25, 0.3) is 0 Å². The van der Waals surface area contributed by atoms with E-state index < -0.39 is 68.5 Å². The fourth-order valence-corrected chi connectivity index (χ4v) is 2.97. The van der Waals surface area contributed by atoms with Crippen molar-refractivity contribution in [3.05, 3.63) is 24.3 Å². The number of carboxylic acid groups (broad SMARTS) is 1. The maximum absolute atomic E-state index is 10.5. The number of aliphatic carboxylic acids is 1. The van der Waals surface area contributed by atoms with Crippen LogP contribution in [0.1, 0.15) is 76.8 Å². The predicted molar refractivity (Wildman–Crippen MR) is 98.1 cm³/mol. The monoisotopic (exact) mass is 363 g/mol. The van der Waals surface area contributed by atoms with Gasteiger partial charge in [-0.2, -0.15) is 0 Å². The molecule has 1 rings (SSSR count). The van der Waals surface area contributed by atoms with E-state index in [9.17, 15) is 20.1 Å².